The van der Waals surface area contributed by atoms with E-state index in [-0.39, 0.29) is 0 Å². The fourth-order valence-electron chi connectivity index (χ4n) is 2.05. The van der Waals surface area contributed by atoms with Crippen LogP contribution in [0, 0.1) is 0 Å². The smallest absolute Gasteiger partial charge is 0.0669 e. The standard InChI is InChI=1S/C14H20ClNOS/c1-3-16-9-11-4-5-12(8-13(11)15)18-14-6-7-17-10(14)2/h4-5,8,10,14,16H,3,6-7,9H2,1-2H3. The molecule has 1 N–H and O–H groups in total. The van der Waals surface area contributed by atoms with Crippen LogP contribution in [0.25, 0.3) is 0 Å². The Bertz CT molecular complexity index is 399. The molecule has 0 bridgehead atoms. The van der Waals surface area contributed by atoms with E-state index in [0.29, 0.717) is 11.4 Å². The molecule has 2 nitrogen and oxygen atoms in total. The molecule has 0 spiro atoms. The van der Waals surface area contributed by atoms with Crippen molar-refractivity contribution < 1.29 is 4.74 Å². The lowest BCUT2D eigenvalue weighted by Gasteiger charge is -2.14. The van der Waals surface area contributed by atoms with E-state index in [1.54, 1.807) is 0 Å². The molecule has 1 aliphatic rings. The third kappa shape index (κ3) is 3.64. The van der Waals surface area contributed by atoms with Crippen LogP contribution in [0.4, 0.5) is 0 Å². The summed E-state index contributed by atoms with van der Waals surface area (Å²) < 4.78 is 5.58. The first-order chi connectivity index (χ1) is 8.70. The number of hydrogen-bond acceptors (Lipinski definition) is 3. The molecule has 0 aliphatic carbocycles. The van der Waals surface area contributed by atoms with Crippen molar-refractivity contribution in [3.63, 3.8) is 0 Å². The predicted octanol–water partition coefficient (Wildman–Crippen LogP) is 3.72. The fraction of sp³-hybridized carbons (Fsp3) is 0.571. The molecule has 0 radical (unpaired) electrons. The Morgan fingerprint density at radius 3 is 2.94 bits per heavy atom. The zero-order chi connectivity index (χ0) is 13.0. The summed E-state index contributed by atoms with van der Waals surface area (Å²) in [5.41, 5.74) is 1.17. The fourth-order valence-corrected chi connectivity index (χ4v) is 3.52. The number of ether oxygens (including phenoxy) is 1. The van der Waals surface area contributed by atoms with Crippen LogP contribution >= 0.6 is 23.4 Å². The maximum absolute atomic E-state index is 6.30. The normalized spacial score (nSPS) is 23.5. The number of rotatable bonds is 5. The van der Waals surface area contributed by atoms with E-state index in [0.717, 1.165) is 31.1 Å². The summed E-state index contributed by atoms with van der Waals surface area (Å²) in [6.07, 6.45) is 1.47. The molecule has 100 valence electrons. The number of thioether (sulfide) groups is 1. The number of hydrogen-bond donors (Lipinski definition) is 1. The second-order valence-electron chi connectivity index (χ2n) is 4.55. The van der Waals surface area contributed by atoms with Crippen molar-refractivity contribution in [2.45, 2.75) is 43.1 Å². The predicted molar refractivity (Wildman–Crippen MR) is 78.5 cm³/mol. The molecule has 18 heavy (non-hydrogen) atoms. The maximum atomic E-state index is 6.30. The van der Waals surface area contributed by atoms with Gasteiger partial charge in [-0.05, 0) is 37.6 Å². The highest BCUT2D eigenvalue weighted by atomic mass is 35.5. The van der Waals surface area contributed by atoms with Crippen LogP contribution in [0.3, 0.4) is 0 Å². The zero-order valence-electron chi connectivity index (χ0n) is 10.9. The van der Waals surface area contributed by atoms with E-state index in [4.69, 9.17) is 16.3 Å². The summed E-state index contributed by atoms with van der Waals surface area (Å²) >= 11 is 8.18. The van der Waals surface area contributed by atoms with Crippen molar-refractivity contribution in [1.82, 2.24) is 5.32 Å². The van der Waals surface area contributed by atoms with Gasteiger partial charge in [0.1, 0.15) is 0 Å². The van der Waals surface area contributed by atoms with Gasteiger partial charge in [0, 0.05) is 28.3 Å². The summed E-state index contributed by atoms with van der Waals surface area (Å²) in [5.74, 6) is 0. The van der Waals surface area contributed by atoms with Crippen LogP contribution in [0.2, 0.25) is 5.02 Å². The monoisotopic (exact) mass is 285 g/mol. The van der Waals surface area contributed by atoms with Crippen LogP contribution in [0.15, 0.2) is 23.1 Å². The SMILES string of the molecule is CCNCc1ccc(SC2CCOC2C)cc1Cl. The molecule has 1 aliphatic heterocycles. The largest absolute Gasteiger partial charge is 0.377 e. The Morgan fingerprint density at radius 1 is 1.50 bits per heavy atom. The van der Waals surface area contributed by atoms with E-state index in [9.17, 15) is 0 Å². The molecule has 0 aromatic heterocycles. The van der Waals surface area contributed by atoms with Gasteiger partial charge in [0.05, 0.1) is 6.10 Å². The van der Waals surface area contributed by atoms with Gasteiger partial charge in [-0.1, -0.05) is 24.6 Å². The number of benzene rings is 1. The Hall–Kier alpha value is -0.220. The molecule has 1 aromatic carbocycles. The average molecular weight is 286 g/mol. The van der Waals surface area contributed by atoms with Crippen molar-refractivity contribution in [2.24, 2.45) is 0 Å². The average Bonchev–Trinajstić information content (AvgIpc) is 2.74. The summed E-state index contributed by atoms with van der Waals surface area (Å²) in [6, 6.07) is 6.35. The van der Waals surface area contributed by atoms with E-state index in [1.807, 2.05) is 11.8 Å². The van der Waals surface area contributed by atoms with Gasteiger partial charge in [0.15, 0.2) is 0 Å². The van der Waals surface area contributed by atoms with E-state index < -0.39 is 0 Å². The minimum Gasteiger partial charge on any atom is -0.377 e. The molecular formula is C14H20ClNOS. The first-order valence-corrected chi connectivity index (χ1v) is 7.74. The van der Waals surface area contributed by atoms with Crippen LogP contribution in [0.1, 0.15) is 25.8 Å². The van der Waals surface area contributed by atoms with Gasteiger partial charge in [0.25, 0.3) is 0 Å². The maximum Gasteiger partial charge on any atom is 0.0669 e. The molecule has 1 fully saturated rings. The molecular weight excluding hydrogens is 266 g/mol. The summed E-state index contributed by atoms with van der Waals surface area (Å²) in [6.45, 7) is 6.92. The van der Waals surface area contributed by atoms with Crippen molar-refractivity contribution in [3.05, 3.63) is 28.8 Å². The molecule has 2 rings (SSSR count). The minimum atomic E-state index is 0.343. The molecule has 0 saturated carbocycles. The van der Waals surface area contributed by atoms with E-state index in [1.165, 1.54) is 10.5 Å². The lowest BCUT2D eigenvalue weighted by atomic mass is 10.2. The molecule has 2 unspecified atom stereocenters. The minimum absolute atomic E-state index is 0.343. The van der Waals surface area contributed by atoms with Gasteiger partial charge in [-0.3, -0.25) is 0 Å². The lowest BCUT2D eigenvalue weighted by Crippen LogP contribution is -2.13. The van der Waals surface area contributed by atoms with Gasteiger partial charge in [-0.2, -0.15) is 0 Å². The highest BCUT2D eigenvalue weighted by molar-refractivity contribution is 8.00. The van der Waals surface area contributed by atoms with Gasteiger partial charge in [0.2, 0.25) is 0 Å². The van der Waals surface area contributed by atoms with Crippen LogP contribution in [-0.2, 0) is 11.3 Å². The molecule has 2 atom stereocenters. The van der Waals surface area contributed by atoms with Crippen molar-refractivity contribution in [3.8, 4) is 0 Å². The quantitative estimate of drug-likeness (QED) is 0.891. The van der Waals surface area contributed by atoms with Crippen molar-refractivity contribution in [1.29, 1.82) is 0 Å². The highest BCUT2D eigenvalue weighted by Gasteiger charge is 2.25. The Kier molecular flexibility index (Phi) is 5.37. The number of nitrogens with one attached hydrogen (secondary N) is 1. The molecule has 1 heterocycles. The first-order valence-electron chi connectivity index (χ1n) is 6.48. The van der Waals surface area contributed by atoms with E-state index in [2.05, 4.69) is 37.4 Å². The second-order valence-corrected chi connectivity index (χ2v) is 6.27. The Labute approximate surface area is 118 Å². The van der Waals surface area contributed by atoms with Crippen molar-refractivity contribution >= 4 is 23.4 Å². The molecule has 4 heteroatoms. The first kappa shape index (κ1) is 14.2. The third-order valence-corrected chi connectivity index (χ3v) is 4.98. The van der Waals surface area contributed by atoms with Gasteiger partial charge >= 0.3 is 0 Å². The van der Waals surface area contributed by atoms with Gasteiger partial charge in [-0.15, -0.1) is 11.8 Å². The second kappa shape index (κ2) is 6.80. The molecule has 1 saturated heterocycles. The van der Waals surface area contributed by atoms with Gasteiger partial charge < -0.3 is 10.1 Å². The highest BCUT2D eigenvalue weighted by Crippen LogP contribution is 2.34. The van der Waals surface area contributed by atoms with Crippen LogP contribution in [-0.4, -0.2) is 24.5 Å². The Balaban J connectivity index is 1.99. The summed E-state index contributed by atoms with van der Waals surface area (Å²) in [5, 5.41) is 4.70. The zero-order valence-corrected chi connectivity index (χ0v) is 12.5. The van der Waals surface area contributed by atoms with Gasteiger partial charge in [-0.25, -0.2) is 0 Å². The lowest BCUT2D eigenvalue weighted by molar-refractivity contribution is 0.127. The van der Waals surface area contributed by atoms with Crippen LogP contribution < -0.4 is 5.32 Å². The molecule has 1 aromatic rings. The van der Waals surface area contributed by atoms with E-state index >= 15 is 0 Å². The summed E-state index contributed by atoms with van der Waals surface area (Å²) in [7, 11) is 0. The van der Waals surface area contributed by atoms with Crippen molar-refractivity contribution in [2.75, 3.05) is 13.2 Å². The number of halogens is 1. The summed E-state index contributed by atoms with van der Waals surface area (Å²) in [4.78, 5) is 1.24. The Morgan fingerprint density at radius 2 is 2.33 bits per heavy atom. The topological polar surface area (TPSA) is 21.3 Å². The molecule has 0 amide bonds. The van der Waals surface area contributed by atoms with Crippen LogP contribution in [0.5, 0.6) is 0 Å². The third-order valence-electron chi connectivity index (χ3n) is 3.18.